The van der Waals surface area contributed by atoms with Gasteiger partial charge in [-0.3, -0.25) is 0 Å². The fraction of sp³-hybridized carbons (Fsp3) is 0. The Hall–Kier alpha value is -2.88. The molecule has 0 aliphatic heterocycles. The van der Waals surface area contributed by atoms with Crippen molar-refractivity contribution in [2.45, 2.75) is 0 Å². The van der Waals surface area contributed by atoms with E-state index >= 15 is 0 Å². The number of rotatable bonds is 4. The average molecular weight is 296 g/mol. The van der Waals surface area contributed by atoms with Crippen molar-refractivity contribution in [3.63, 3.8) is 0 Å². The van der Waals surface area contributed by atoms with Crippen LogP contribution < -0.4 is 10.6 Å². The molecule has 3 rings (SSSR count). The lowest BCUT2D eigenvalue weighted by molar-refractivity contribution is 0.627. The molecule has 0 spiro atoms. The standard InChI is InChI=1S/C18H14F2N2/c19-13-5-9-15(10-6-13)21-17-3-1-2-4-18(17)22-16-11-7-14(20)8-12-16/h1-12,21-22H. The number of nitrogens with one attached hydrogen (secondary N) is 2. The minimum Gasteiger partial charge on any atom is -0.354 e. The maximum absolute atomic E-state index is 13.0. The molecule has 0 saturated heterocycles. The lowest BCUT2D eigenvalue weighted by Crippen LogP contribution is -1.97. The van der Waals surface area contributed by atoms with Gasteiger partial charge in [-0.2, -0.15) is 0 Å². The molecular formula is C18H14F2N2. The van der Waals surface area contributed by atoms with Crippen molar-refractivity contribution >= 4 is 22.7 Å². The van der Waals surface area contributed by atoms with Crippen LogP contribution in [0.2, 0.25) is 0 Å². The number of para-hydroxylation sites is 2. The largest absolute Gasteiger partial charge is 0.354 e. The zero-order valence-corrected chi connectivity index (χ0v) is 11.7. The van der Waals surface area contributed by atoms with Crippen LogP contribution in [0.3, 0.4) is 0 Å². The van der Waals surface area contributed by atoms with Crippen LogP contribution in [0.4, 0.5) is 31.5 Å². The van der Waals surface area contributed by atoms with E-state index in [-0.39, 0.29) is 11.6 Å². The highest BCUT2D eigenvalue weighted by Gasteiger charge is 2.03. The molecule has 0 amide bonds. The number of halogens is 2. The highest BCUT2D eigenvalue weighted by Crippen LogP contribution is 2.28. The zero-order chi connectivity index (χ0) is 15.4. The number of hydrogen-bond donors (Lipinski definition) is 2. The molecule has 0 saturated carbocycles. The van der Waals surface area contributed by atoms with Crippen molar-refractivity contribution in [1.82, 2.24) is 0 Å². The summed E-state index contributed by atoms with van der Waals surface area (Å²) in [6.45, 7) is 0. The van der Waals surface area contributed by atoms with Gasteiger partial charge in [-0.25, -0.2) is 8.78 Å². The van der Waals surface area contributed by atoms with E-state index in [1.54, 1.807) is 24.3 Å². The smallest absolute Gasteiger partial charge is 0.123 e. The van der Waals surface area contributed by atoms with Gasteiger partial charge in [-0.1, -0.05) is 12.1 Å². The number of benzene rings is 3. The Morgan fingerprint density at radius 3 is 1.23 bits per heavy atom. The predicted octanol–water partition coefficient (Wildman–Crippen LogP) is 5.45. The summed E-state index contributed by atoms with van der Waals surface area (Å²) in [7, 11) is 0. The average Bonchev–Trinajstić information content (AvgIpc) is 2.54. The van der Waals surface area contributed by atoms with E-state index in [2.05, 4.69) is 10.6 Å². The molecule has 0 bridgehead atoms. The molecule has 0 aliphatic carbocycles. The third kappa shape index (κ3) is 3.41. The van der Waals surface area contributed by atoms with Crippen molar-refractivity contribution in [2.24, 2.45) is 0 Å². The zero-order valence-electron chi connectivity index (χ0n) is 11.7. The Kier molecular flexibility index (Phi) is 4.01. The van der Waals surface area contributed by atoms with Gasteiger partial charge >= 0.3 is 0 Å². The first-order valence-corrected chi connectivity index (χ1v) is 6.85. The summed E-state index contributed by atoms with van der Waals surface area (Å²) in [5, 5.41) is 6.46. The summed E-state index contributed by atoms with van der Waals surface area (Å²) < 4.78 is 25.9. The van der Waals surface area contributed by atoms with Crippen molar-refractivity contribution < 1.29 is 8.78 Å². The van der Waals surface area contributed by atoms with Crippen LogP contribution >= 0.6 is 0 Å². The molecule has 0 unspecified atom stereocenters. The molecule has 2 nitrogen and oxygen atoms in total. The minimum atomic E-state index is -0.275. The van der Waals surface area contributed by atoms with Crippen LogP contribution in [0.5, 0.6) is 0 Å². The molecular weight excluding hydrogens is 282 g/mol. The topological polar surface area (TPSA) is 24.1 Å². The first-order valence-electron chi connectivity index (χ1n) is 6.85. The Labute approximate surface area is 127 Å². The van der Waals surface area contributed by atoms with Crippen LogP contribution in [-0.2, 0) is 0 Å². The van der Waals surface area contributed by atoms with Gasteiger partial charge in [0.1, 0.15) is 11.6 Å². The second kappa shape index (κ2) is 6.26. The molecule has 0 atom stereocenters. The molecule has 2 N–H and O–H groups in total. The molecule has 0 heterocycles. The van der Waals surface area contributed by atoms with E-state index in [9.17, 15) is 8.78 Å². The van der Waals surface area contributed by atoms with Gasteiger partial charge in [0, 0.05) is 11.4 Å². The SMILES string of the molecule is Fc1ccc(Nc2ccccc2Nc2ccc(F)cc2)cc1. The first-order chi connectivity index (χ1) is 10.7. The van der Waals surface area contributed by atoms with E-state index in [0.717, 1.165) is 22.7 Å². The summed E-state index contributed by atoms with van der Waals surface area (Å²) in [6, 6.07) is 19.9. The molecule has 0 fully saturated rings. The molecule has 4 heteroatoms. The van der Waals surface area contributed by atoms with E-state index in [1.165, 1.54) is 24.3 Å². The summed E-state index contributed by atoms with van der Waals surface area (Å²) >= 11 is 0. The molecule has 0 aliphatic rings. The van der Waals surface area contributed by atoms with Gasteiger partial charge in [-0.15, -0.1) is 0 Å². The van der Waals surface area contributed by atoms with Crippen molar-refractivity contribution in [2.75, 3.05) is 10.6 Å². The van der Waals surface area contributed by atoms with Gasteiger partial charge in [0.15, 0.2) is 0 Å². The molecule has 0 aromatic heterocycles. The van der Waals surface area contributed by atoms with Gasteiger partial charge in [-0.05, 0) is 60.7 Å². The van der Waals surface area contributed by atoms with Gasteiger partial charge in [0.05, 0.1) is 11.4 Å². The first kappa shape index (κ1) is 14.1. The highest BCUT2D eigenvalue weighted by molar-refractivity contribution is 5.78. The molecule has 3 aromatic rings. The normalized spacial score (nSPS) is 10.3. The van der Waals surface area contributed by atoms with Crippen LogP contribution in [0.15, 0.2) is 72.8 Å². The van der Waals surface area contributed by atoms with Gasteiger partial charge in [0.2, 0.25) is 0 Å². The summed E-state index contributed by atoms with van der Waals surface area (Å²) in [5.74, 6) is -0.549. The second-order valence-corrected chi connectivity index (χ2v) is 4.81. The third-order valence-electron chi connectivity index (χ3n) is 3.17. The molecule has 22 heavy (non-hydrogen) atoms. The highest BCUT2D eigenvalue weighted by atomic mass is 19.1. The summed E-state index contributed by atoms with van der Waals surface area (Å²) in [5.41, 5.74) is 3.27. The minimum absolute atomic E-state index is 0.275. The van der Waals surface area contributed by atoms with Crippen LogP contribution in [0.1, 0.15) is 0 Å². The van der Waals surface area contributed by atoms with Crippen LogP contribution in [0, 0.1) is 11.6 Å². The lowest BCUT2D eigenvalue weighted by atomic mass is 10.2. The van der Waals surface area contributed by atoms with E-state index < -0.39 is 0 Å². The van der Waals surface area contributed by atoms with Gasteiger partial charge < -0.3 is 10.6 Å². The van der Waals surface area contributed by atoms with Crippen LogP contribution in [0.25, 0.3) is 0 Å². The predicted molar refractivity (Wildman–Crippen MR) is 85.8 cm³/mol. The Morgan fingerprint density at radius 2 is 0.864 bits per heavy atom. The summed E-state index contributed by atoms with van der Waals surface area (Å²) in [4.78, 5) is 0. The maximum Gasteiger partial charge on any atom is 0.123 e. The van der Waals surface area contributed by atoms with Crippen LogP contribution in [-0.4, -0.2) is 0 Å². The Morgan fingerprint density at radius 1 is 0.500 bits per heavy atom. The summed E-state index contributed by atoms with van der Waals surface area (Å²) in [6.07, 6.45) is 0. The lowest BCUT2D eigenvalue weighted by Gasteiger charge is -2.14. The maximum atomic E-state index is 13.0. The number of hydrogen-bond acceptors (Lipinski definition) is 2. The van der Waals surface area contributed by atoms with E-state index in [1.807, 2.05) is 24.3 Å². The Bertz CT molecular complexity index is 686. The molecule has 3 aromatic carbocycles. The van der Waals surface area contributed by atoms with Gasteiger partial charge in [0.25, 0.3) is 0 Å². The monoisotopic (exact) mass is 296 g/mol. The Balaban J connectivity index is 1.83. The second-order valence-electron chi connectivity index (χ2n) is 4.81. The van der Waals surface area contributed by atoms with Crippen molar-refractivity contribution in [3.05, 3.63) is 84.4 Å². The van der Waals surface area contributed by atoms with Crippen molar-refractivity contribution in [1.29, 1.82) is 0 Å². The third-order valence-corrected chi connectivity index (χ3v) is 3.17. The van der Waals surface area contributed by atoms with E-state index in [4.69, 9.17) is 0 Å². The molecule has 110 valence electrons. The van der Waals surface area contributed by atoms with Crippen molar-refractivity contribution in [3.8, 4) is 0 Å². The quantitative estimate of drug-likeness (QED) is 0.668. The fourth-order valence-electron chi connectivity index (χ4n) is 2.08. The fourth-order valence-corrected chi connectivity index (χ4v) is 2.08. The molecule has 0 radical (unpaired) electrons. The number of anilines is 4. The van der Waals surface area contributed by atoms with E-state index in [0.29, 0.717) is 0 Å².